The second-order valence-corrected chi connectivity index (χ2v) is 6.60. The van der Waals surface area contributed by atoms with E-state index in [-0.39, 0.29) is 5.54 Å². The van der Waals surface area contributed by atoms with Crippen molar-refractivity contribution >= 4 is 5.96 Å². The van der Waals surface area contributed by atoms with Crippen LogP contribution in [0.5, 0.6) is 0 Å². The van der Waals surface area contributed by atoms with E-state index in [1.165, 1.54) is 45.3 Å². The molecule has 0 bridgehead atoms. The quantitative estimate of drug-likeness (QED) is 0.845. The molecule has 2 N–H and O–H groups in total. The van der Waals surface area contributed by atoms with E-state index in [1.807, 2.05) is 0 Å². The van der Waals surface area contributed by atoms with Gasteiger partial charge in [0.15, 0.2) is 5.96 Å². The Morgan fingerprint density at radius 1 is 1.32 bits per heavy atom. The number of guanidine groups is 1. The van der Waals surface area contributed by atoms with E-state index in [0.29, 0.717) is 5.92 Å². The molecule has 1 spiro atoms. The van der Waals surface area contributed by atoms with Crippen LogP contribution in [0.15, 0.2) is 4.99 Å². The molecule has 1 fully saturated rings. The van der Waals surface area contributed by atoms with Gasteiger partial charge in [0.2, 0.25) is 0 Å². The van der Waals surface area contributed by atoms with Crippen molar-refractivity contribution in [1.29, 1.82) is 0 Å². The highest BCUT2D eigenvalue weighted by Gasteiger charge is 2.42. The van der Waals surface area contributed by atoms with Crippen LogP contribution in [0, 0.1) is 5.92 Å². The van der Waals surface area contributed by atoms with E-state index >= 15 is 0 Å². The average Bonchev–Trinajstić information content (AvgIpc) is 2.55. The maximum Gasteiger partial charge on any atom is 0.191 e. The smallest absolute Gasteiger partial charge is 0.191 e. The number of hydrogen-bond acceptors (Lipinski definition) is 4. The molecule has 4 nitrogen and oxygen atoms in total. The summed E-state index contributed by atoms with van der Waals surface area (Å²) in [5.74, 6) is 1.41. The molecule has 1 saturated heterocycles. The fourth-order valence-electron chi connectivity index (χ4n) is 3.50. The van der Waals surface area contributed by atoms with Crippen molar-refractivity contribution < 1.29 is 0 Å². The maximum absolute atomic E-state index is 6.14. The lowest BCUT2D eigenvalue weighted by Crippen LogP contribution is -2.53. The van der Waals surface area contributed by atoms with E-state index in [1.54, 1.807) is 0 Å². The van der Waals surface area contributed by atoms with Crippen LogP contribution >= 0.6 is 0 Å². The topological polar surface area (TPSA) is 44.9 Å². The molecule has 0 aromatic rings. The fraction of sp³-hybridized carbons (Fsp3) is 0.933. The highest BCUT2D eigenvalue weighted by Crippen LogP contribution is 2.33. The van der Waals surface area contributed by atoms with E-state index in [2.05, 4.69) is 35.6 Å². The lowest BCUT2D eigenvalue weighted by Gasteiger charge is -2.40. The third kappa shape index (κ3) is 3.22. The first kappa shape index (κ1) is 14.6. The van der Waals surface area contributed by atoms with E-state index < -0.39 is 0 Å². The summed E-state index contributed by atoms with van der Waals surface area (Å²) in [5.41, 5.74) is 6.36. The zero-order chi connectivity index (χ0) is 13.9. The predicted molar refractivity (Wildman–Crippen MR) is 81.3 cm³/mol. The molecule has 0 radical (unpaired) electrons. The molecular formula is C15H30N4. The first-order valence-electron chi connectivity index (χ1n) is 7.87. The van der Waals surface area contributed by atoms with Crippen molar-refractivity contribution in [3.63, 3.8) is 0 Å². The summed E-state index contributed by atoms with van der Waals surface area (Å²) in [6.45, 7) is 12.4. The number of aliphatic imine (C=N–C) groups is 1. The second kappa shape index (κ2) is 6.12. The Labute approximate surface area is 118 Å². The van der Waals surface area contributed by atoms with Gasteiger partial charge in [-0.05, 0) is 44.7 Å². The molecule has 0 saturated carbocycles. The summed E-state index contributed by atoms with van der Waals surface area (Å²) in [5, 5.41) is 0. The Hall–Kier alpha value is -0.770. The number of likely N-dealkylation sites (tertiary alicyclic amines) is 1. The van der Waals surface area contributed by atoms with Gasteiger partial charge in [0, 0.05) is 13.1 Å². The van der Waals surface area contributed by atoms with Crippen LogP contribution in [0.1, 0.15) is 46.5 Å². The SMILES string of the molecule is CCCN1CCCC2(CC1)CN=C(N)N2CC(C)C. The van der Waals surface area contributed by atoms with Gasteiger partial charge in [0.1, 0.15) is 0 Å². The zero-order valence-corrected chi connectivity index (χ0v) is 12.9. The first-order chi connectivity index (χ1) is 9.07. The van der Waals surface area contributed by atoms with Crippen molar-refractivity contribution in [1.82, 2.24) is 9.80 Å². The van der Waals surface area contributed by atoms with Gasteiger partial charge in [0.25, 0.3) is 0 Å². The summed E-state index contributed by atoms with van der Waals surface area (Å²) in [6, 6.07) is 0. The van der Waals surface area contributed by atoms with Gasteiger partial charge in [0.05, 0.1) is 12.1 Å². The third-order valence-electron chi connectivity index (χ3n) is 4.48. The zero-order valence-electron chi connectivity index (χ0n) is 12.9. The van der Waals surface area contributed by atoms with Crippen LogP contribution in [0.2, 0.25) is 0 Å². The normalized spacial score (nSPS) is 29.1. The van der Waals surface area contributed by atoms with Crippen LogP contribution < -0.4 is 5.73 Å². The van der Waals surface area contributed by atoms with Gasteiger partial charge in [-0.15, -0.1) is 0 Å². The van der Waals surface area contributed by atoms with Crippen LogP contribution in [0.25, 0.3) is 0 Å². The summed E-state index contributed by atoms with van der Waals surface area (Å²) < 4.78 is 0. The molecule has 2 heterocycles. The standard InChI is InChI=1S/C15H30N4/c1-4-8-18-9-5-6-15(7-10-18)12-17-14(16)19(15)11-13(2)3/h13H,4-12H2,1-3H3,(H2,16,17). The van der Waals surface area contributed by atoms with Crippen molar-refractivity contribution in [2.75, 3.05) is 32.7 Å². The summed E-state index contributed by atoms with van der Waals surface area (Å²) >= 11 is 0. The molecule has 2 aliphatic heterocycles. The minimum absolute atomic E-state index is 0.219. The molecule has 0 aromatic heterocycles. The van der Waals surface area contributed by atoms with Crippen molar-refractivity contribution in [2.24, 2.45) is 16.6 Å². The summed E-state index contributed by atoms with van der Waals surface area (Å²) in [6.07, 6.45) is 4.98. The van der Waals surface area contributed by atoms with Gasteiger partial charge in [-0.3, -0.25) is 4.99 Å². The van der Waals surface area contributed by atoms with Gasteiger partial charge in [-0.1, -0.05) is 20.8 Å². The summed E-state index contributed by atoms with van der Waals surface area (Å²) in [4.78, 5) is 9.58. The lowest BCUT2D eigenvalue weighted by atomic mass is 9.89. The Morgan fingerprint density at radius 3 is 2.79 bits per heavy atom. The van der Waals surface area contributed by atoms with Gasteiger partial charge in [-0.2, -0.15) is 0 Å². The van der Waals surface area contributed by atoms with Gasteiger partial charge in [-0.25, -0.2) is 0 Å². The van der Waals surface area contributed by atoms with Crippen molar-refractivity contribution in [3.8, 4) is 0 Å². The molecule has 4 heteroatoms. The van der Waals surface area contributed by atoms with Crippen molar-refractivity contribution in [2.45, 2.75) is 52.0 Å². The molecule has 110 valence electrons. The van der Waals surface area contributed by atoms with E-state index in [4.69, 9.17) is 5.73 Å². The van der Waals surface area contributed by atoms with E-state index in [0.717, 1.165) is 19.0 Å². The highest BCUT2D eigenvalue weighted by molar-refractivity contribution is 5.81. The Kier molecular flexibility index (Phi) is 4.71. The first-order valence-corrected chi connectivity index (χ1v) is 7.87. The minimum atomic E-state index is 0.219. The van der Waals surface area contributed by atoms with Crippen LogP contribution in [-0.2, 0) is 0 Å². The number of hydrogen-bond donors (Lipinski definition) is 1. The van der Waals surface area contributed by atoms with Crippen LogP contribution in [0.4, 0.5) is 0 Å². The largest absolute Gasteiger partial charge is 0.370 e. The molecule has 1 atom stereocenters. The predicted octanol–water partition coefficient (Wildman–Crippen LogP) is 1.91. The second-order valence-electron chi connectivity index (χ2n) is 6.60. The minimum Gasteiger partial charge on any atom is -0.370 e. The number of rotatable bonds is 4. The molecule has 0 aromatic carbocycles. The Bertz CT molecular complexity index is 326. The van der Waals surface area contributed by atoms with Gasteiger partial charge < -0.3 is 15.5 Å². The fourth-order valence-corrected chi connectivity index (χ4v) is 3.50. The Balaban J connectivity index is 2.05. The Morgan fingerprint density at radius 2 is 2.11 bits per heavy atom. The molecule has 0 aliphatic carbocycles. The molecule has 2 aliphatic rings. The number of nitrogens with two attached hydrogens (primary N) is 1. The lowest BCUT2D eigenvalue weighted by molar-refractivity contribution is 0.157. The monoisotopic (exact) mass is 266 g/mol. The number of nitrogens with zero attached hydrogens (tertiary/aromatic N) is 3. The molecular weight excluding hydrogens is 236 g/mol. The van der Waals surface area contributed by atoms with Crippen LogP contribution in [0.3, 0.4) is 0 Å². The molecule has 2 rings (SSSR count). The van der Waals surface area contributed by atoms with Crippen LogP contribution in [-0.4, -0.2) is 54.0 Å². The molecule has 1 unspecified atom stereocenters. The van der Waals surface area contributed by atoms with Crippen molar-refractivity contribution in [3.05, 3.63) is 0 Å². The molecule has 19 heavy (non-hydrogen) atoms. The maximum atomic E-state index is 6.14. The summed E-state index contributed by atoms with van der Waals surface area (Å²) in [7, 11) is 0. The van der Waals surface area contributed by atoms with E-state index in [9.17, 15) is 0 Å². The average molecular weight is 266 g/mol. The van der Waals surface area contributed by atoms with Gasteiger partial charge >= 0.3 is 0 Å². The highest BCUT2D eigenvalue weighted by atomic mass is 15.4. The molecule has 0 amide bonds. The third-order valence-corrected chi connectivity index (χ3v) is 4.48.